The first-order valence-electron chi connectivity index (χ1n) is 9.01. The van der Waals surface area contributed by atoms with Crippen molar-refractivity contribution in [1.82, 2.24) is 29.5 Å². The summed E-state index contributed by atoms with van der Waals surface area (Å²) in [7, 11) is 0. The van der Waals surface area contributed by atoms with Crippen LogP contribution in [0.2, 0.25) is 0 Å². The van der Waals surface area contributed by atoms with Crippen LogP contribution < -0.4 is 5.73 Å². The van der Waals surface area contributed by atoms with Crippen molar-refractivity contribution in [3.05, 3.63) is 72.2 Å². The number of nitrogen functional groups attached to an aromatic ring is 1. The largest absolute Gasteiger partial charge is 0.383 e. The minimum Gasteiger partial charge on any atom is -0.383 e. The molecule has 9 heteroatoms. The standard InChI is InChI=1S/C20H19FN8/c1-3-6-15(22)13-9-28(20-18(13)19(23)24-11-25-20)12(2)16-10-29(27-26-16)17-8-5-4-7-14(17)21/h3-12,22H,1-2H3,(H2,23,24,25)/b6-3-,22-15?. The van der Waals surface area contributed by atoms with Crippen molar-refractivity contribution < 1.29 is 4.39 Å². The Morgan fingerprint density at radius 1 is 1.24 bits per heavy atom. The average Bonchev–Trinajstić information content (AvgIpc) is 3.34. The molecule has 3 heterocycles. The van der Waals surface area contributed by atoms with E-state index in [0.717, 1.165) is 0 Å². The summed E-state index contributed by atoms with van der Waals surface area (Å²) in [6.07, 6.45) is 8.35. The van der Waals surface area contributed by atoms with Gasteiger partial charge in [0.1, 0.15) is 35.0 Å². The zero-order valence-corrected chi connectivity index (χ0v) is 15.9. The number of nitrogens with zero attached hydrogens (tertiary/aromatic N) is 6. The molecule has 1 atom stereocenters. The number of nitrogens with two attached hydrogens (primary N) is 1. The number of nitrogens with one attached hydrogen (secondary N) is 1. The maximum absolute atomic E-state index is 14.1. The number of hydrogen-bond acceptors (Lipinski definition) is 6. The van der Waals surface area contributed by atoms with Gasteiger partial charge in [-0.25, -0.2) is 19.0 Å². The van der Waals surface area contributed by atoms with E-state index in [4.69, 9.17) is 11.1 Å². The van der Waals surface area contributed by atoms with Crippen LogP contribution in [0.1, 0.15) is 31.1 Å². The number of benzene rings is 1. The van der Waals surface area contributed by atoms with Crippen LogP contribution >= 0.6 is 0 Å². The van der Waals surface area contributed by atoms with Crippen molar-refractivity contribution in [3.63, 3.8) is 0 Å². The first-order valence-corrected chi connectivity index (χ1v) is 9.01. The maximum atomic E-state index is 14.1. The minimum absolute atomic E-state index is 0.278. The molecule has 0 aliphatic heterocycles. The van der Waals surface area contributed by atoms with E-state index in [1.165, 1.54) is 17.1 Å². The smallest absolute Gasteiger partial charge is 0.148 e. The van der Waals surface area contributed by atoms with Crippen molar-refractivity contribution in [3.8, 4) is 5.69 Å². The highest BCUT2D eigenvalue weighted by Crippen LogP contribution is 2.29. The van der Waals surface area contributed by atoms with Gasteiger partial charge in [0.25, 0.3) is 0 Å². The van der Waals surface area contributed by atoms with Gasteiger partial charge in [0.2, 0.25) is 0 Å². The summed E-state index contributed by atoms with van der Waals surface area (Å²) < 4.78 is 17.3. The van der Waals surface area contributed by atoms with Gasteiger partial charge in [-0.2, -0.15) is 0 Å². The quantitative estimate of drug-likeness (QED) is 0.508. The molecule has 1 unspecified atom stereocenters. The number of halogens is 1. The third-order valence-corrected chi connectivity index (χ3v) is 4.72. The average molecular weight is 390 g/mol. The molecule has 0 radical (unpaired) electrons. The molecular weight excluding hydrogens is 371 g/mol. The summed E-state index contributed by atoms with van der Waals surface area (Å²) in [4.78, 5) is 8.44. The Balaban J connectivity index is 1.81. The lowest BCUT2D eigenvalue weighted by Gasteiger charge is -2.11. The van der Waals surface area contributed by atoms with Gasteiger partial charge in [-0.15, -0.1) is 5.10 Å². The Morgan fingerprint density at radius 2 is 2.03 bits per heavy atom. The molecule has 0 saturated heterocycles. The second-order valence-corrected chi connectivity index (χ2v) is 6.54. The molecular formula is C20H19FN8. The summed E-state index contributed by atoms with van der Waals surface area (Å²) in [6, 6.07) is 6.09. The molecule has 4 rings (SSSR count). The zero-order valence-electron chi connectivity index (χ0n) is 15.9. The van der Waals surface area contributed by atoms with Crippen molar-refractivity contribution in [2.75, 3.05) is 5.73 Å². The van der Waals surface area contributed by atoms with Gasteiger partial charge in [-0.1, -0.05) is 23.4 Å². The molecule has 0 amide bonds. The summed E-state index contributed by atoms with van der Waals surface area (Å²) in [6.45, 7) is 3.77. The Labute approximate surface area is 166 Å². The van der Waals surface area contributed by atoms with Crippen molar-refractivity contribution in [2.45, 2.75) is 19.9 Å². The monoisotopic (exact) mass is 390 g/mol. The molecule has 0 spiro atoms. The van der Waals surface area contributed by atoms with Crippen LogP contribution in [-0.2, 0) is 0 Å². The van der Waals surface area contributed by atoms with Crippen LogP contribution in [0, 0.1) is 11.2 Å². The number of aromatic nitrogens is 6. The van der Waals surface area contributed by atoms with Gasteiger partial charge in [-0.3, -0.25) is 0 Å². The molecule has 3 aromatic heterocycles. The van der Waals surface area contributed by atoms with Crippen LogP contribution in [0.5, 0.6) is 0 Å². The second kappa shape index (κ2) is 7.27. The normalized spacial score (nSPS) is 12.7. The summed E-state index contributed by atoms with van der Waals surface area (Å²) in [5, 5.41) is 17.2. The number of allylic oxidation sites excluding steroid dienone is 2. The van der Waals surface area contributed by atoms with E-state index in [1.807, 2.05) is 24.6 Å². The van der Waals surface area contributed by atoms with Crippen LogP contribution in [0.3, 0.4) is 0 Å². The zero-order chi connectivity index (χ0) is 20.5. The topological polar surface area (TPSA) is 111 Å². The van der Waals surface area contributed by atoms with Gasteiger partial charge in [0, 0.05) is 11.8 Å². The first kappa shape index (κ1) is 18.5. The van der Waals surface area contributed by atoms with Crippen LogP contribution in [0.15, 0.2) is 55.1 Å². The number of anilines is 1. The molecule has 146 valence electrons. The molecule has 0 fully saturated rings. The first-order chi connectivity index (χ1) is 14.0. The van der Waals surface area contributed by atoms with E-state index in [1.54, 1.807) is 36.5 Å². The molecule has 8 nitrogen and oxygen atoms in total. The molecule has 29 heavy (non-hydrogen) atoms. The van der Waals surface area contributed by atoms with Crippen LogP contribution in [0.25, 0.3) is 16.7 Å². The van der Waals surface area contributed by atoms with E-state index in [-0.39, 0.29) is 11.9 Å². The molecule has 0 saturated carbocycles. The Kier molecular flexibility index (Phi) is 4.63. The highest BCUT2D eigenvalue weighted by Gasteiger charge is 2.21. The van der Waals surface area contributed by atoms with Crippen molar-refractivity contribution in [1.29, 1.82) is 5.41 Å². The summed E-state index contributed by atoms with van der Waals surface area (Å²) in [5.74, 6) is -0.0779. The number of fused-ring (bicyclic) bond motifs is 1. The van der Waals surface area contributed by atoms with Crippen molar-refractivity contribution >= 4 is 22.6 Å². The highest BCUT2D eigenvalue weighted by molar-refractivity contribution is 6.16. The molecule has 4 aromatic rings. The van der Waals surface area contributed by atoms with E-state index < -0.39 is 0 Å². The number of hydrogen-bond donors (Lipinski definition) is 2. The fourth-order valence-corrected chi connectivity index (χ4v) is 3.23. The van der Waals surface area contributed by atoms with E-state index >= 15 is 0 Å². The highest BCUT2D eigenvalue weighted by atomic mass is 19.1. The van der Waals surface area contributed by atoms with Gasteiger partial charge >= 0.3 is 0 Å². The minimum atomic E-state index is -0.384. The van der Waals surface area contributed by atoms with Crippen LogP contribution in [-0.4, -0.2) is 35.2 Å². The van der Waals surface area contributed by atoms with Gasteiger partial charge in [0.15, 0.2) is 0 Å². The third kappa shape index (κ3) is 3.16. The van der Waals surface area contributed by atoms with Gasteiger partial charge in [-0.05, 0) is 32.1 Å². The van der Waals surface area contributed by atoms with Gasteiger partial charge in [0.05, 0.1) is 23.3 Å². The second-order valence-electron chi connectivity index (χ2n) is 6.54. The predicted molar refractivity (Wildman–Crippen MR) is 109 cm³/mol. The Bertz CT molecular complexity index is 1240. The van der Waals surface area contributed by atoms with Crippen LogP contribution in [0.4, 0.5) is 10.2 Å². The van der Waals surface area contributed by atoms with E-state index in [9.17, 15) is 4.39 Å². The van der Waals surface area contributed by atoms with Crippen molar-refractivity contribution in [2.24, 2.45) is 0 Å². The summed E-state index contributed by atoms with van der Waals surface area (Å²) in [5.41, 5.74) is 8.54. The number of para-hydroxylation sites is 1. The Hall–Kier alpha value is -3.88. The van der Waals surface area contributed by atoms with E-state index in [2.05, 4.69) is 20.3 Å². The fraction of sp³-hybridized carbons (Fsp3) is 0.150. The lowest BCUT2D eigenvalue weighted by molar-refractivity contribution is 0.607. The lowest BCUT2D eigenvalue weighted by Crippen LogP contribution is -2.07. The summed E-state index contributed by atoms with van der Waals surface area (Å²) >= 11 is 0. The SMILES string of the molecule is C/C=C\C(=N)c1cn(C(C)c2cn(-c3ccccc3F)nn2)c2ncnc(N)c12. The lowest BCUT2D eigenvalue weighted by atomic mass is 10.1. The molecule has 3 N–H and O–H groups in total. The molecule has 0 aliphatic rings. The predicted octanol–water partition coefficient (Wildman–Crippen LogP) is 3.29. The molecule has 0 aliphatic carbocycles. The number of rotatable bonds is 5. The molecule has 1 aromatic carbocycles. The van der Waals surface area contributed by atoms with Gasteiger partial charge < -0.3 is 15.7 Å². The Morgan fingerprint density at radius 3 is 2.79 bits per heavy atom. The van der Waals surface area contributed by atoms with E-state index in [0.29, 0.717) is 39.5 Å². The third-order valence-electron chi connectivity index (χ3n) is 4.72. The fourth-order valence-electron chi connectivity index (χ4n) is 3.23. The molecule has 0 bridgehead atoms. The maximum Gasteiger partial charge on any atom is 0.148 e.